The number of carbonyl (C=O) groups excluding carboxylic acids is 1. The Morgan fingerprint density at radius 2 is 2.03 bits per heavy atom. The van der Waals surface area contributed by atoms with Gasteiger partial charge in [0.05, 0.1) is 29.0 Å². The molecule has 0 radical (unpaired) electrons. The molecular weight excluding hydrogens is 385 g/mol. The fourth-order valence-corrected chi connectivity index (χ4v) is 4.60. The number of aromatic nitrogens is 4. The van der Waals surface area contributed by atoms with Crippen LogP contribution in [0.25, 0.3) is 16.6 Å². The molecule has 0 bridgehead atoms. The first-order valence-corrected chi connectivity index (χ1v) is 9.91. The molecule has 30 heavy (non-hydrogen) atoms. The number of nitrogens with zero attached hydrogens (tertiary/aromatic N) is 5. The van der Waals surface area contributed by atoms with Crippen molar-refractivity contribution in [1.29, 1.82) is 0 Å². The Hall–Kier alpha value is -3.46. The molecule has 2 aliphatic heterocycles. The zero-order valence-electron chi connectivity index (χ0n) is 16.6. The van der Waals surface area contributed by atoms with E-state index in [-0.39, 0.29) is 11.6 Å². The largest absolute Gasteiger partial charge is 0.358 e. The Morgan fingerprint density at radius 1 is 1.23 bits per heavy atom. The van der Waals surface area contributed by atoms with E-state index in [9.17, 15) is 9.18 Å². The van der Waals surface area contributed by atoms with E-state index >= 15 is 0 Å². The van der Waals surface area contributed by atoms with Gasteiger partial charge < -0.3 is 19.9 Å². The molecule has 2 fully saturated rings. The summed E-state index contributed by atoms with van der Waals surface area (Å²) >= 11 is 0. The van der Waals surface area contributed by atoms with Gasteiger partial charge >= 0.3 is 0 Å². The van der Waals surface area contributed by atoms with E-state index in [1.165, 1.54) is 6.07 Å². The Labute approximate surface area is 171 Å². The Bertz CT molecular complexity index is 1330. The van der Waals surface area contributed by atoms with Crippen LogP contribution in [0.3, 0.4) is 0 Å². The number of nitrogens with one attached hydrogen (secondary N) is 2. The normalized spacial score (nSPS) is 20.2. The van der Waals surface area contributed by atoms with Crippen LogP contribution in [-0.4, -0.2) is 50.2 Å². The van der Waals surface area contributed by atoms with Crippen LogP contribution in [0.1, 0.15) is 16.1 Å². The van der Waals surface area contributed by atoms with Gasteiger partial charge in [-0.3, -0.25) is 9.48 Å². The summed E-state index contributed by atoms with van der Waals surface area (Å²) in [7, 11) is 1.85. The van der Waals surface area contributed by atoms with Gasteiger partial charge in [-0.25, -0.2) is 9.37 Å². The SMILES string of the molecule is Cc1cn2cc(NC(=O)c3ccc(N4C5CNCC54)c4cn(C)nc34)cc(F)c2n1. The minimum atomic E-state index is -0.485. The number of hydrogen-bond donors (Lipinski definition) is 2. The molecule has 5 heterocycles. The number of benzene rings is 1. The van der Waals surface area contributed by atoms with Crippen molar-refractivity contribution in [2.75, 3.05) is 23.3 Å². The Morgan fingerprint density at radius 3 is 2.83 bits per heavy atom. The molecule has 6 rings (SSSR count). The maximum Gasteiger partial charge on any atom is 0.257 e. The first-order valence-electron chi connectivity index (χ1n) is 9.91. The third kappa shape index (κ3) is 2.51. The number of aryl methyl sites for hydroxylation is 2. The summed E-state index contributed by atoms with van der Waals surface area (Å²) in [5, 5.41) is 11.7. The van der Waals surface area contributed by atoms with Crippen molar-refractivity contribution in [3.63, 3.8) is 0 Å². The molecule has 2 atom stereocenters. The molecule has 2 saturated heterocycles. The number of carbonyl (C=O) groups is 1. The lowest BCUT2D eigenvalue weighted by Gasteiger charge is -2.13. The van der Waals surface area contributed by atoms with E-state index in [4.69, 9.17) is 0 Å². The van der Waals surface area contributed by atoms with Crippen LogP contribution in [0.5, 0.6) is 0 Å². The predicted octanol–water partition coefficient (Wildman–Crippen LogP) is 2.08. The molecule has 2 aliphatic rings. The number of fused-ring (bicyclic) bond motifs is 3. The average Bonchev–Trinajstić information content (AvgIpc) is 3.09. The highest BCUT2D eigenvalue weighted by molar-refractivity contribution is 6.14. The summed E-state index contributed by atoms with van der Waals surface area (Å²) in [6.45, 7) is 3.76. The van der Waals surface area contributed by atoms with Crippen molar-refractivity contribution in [2.45, 2.75) is 19.0 Å². The van der Waals surface area contributed by atoms with Crippen LogP contribution in [0, 0.1) is 12.7 Å². The first kappa shape index (κ1) is 17.4. The molecule has 0 saturated carbocycles. The van der Waals surface area contributed by atoms with E-state index in [0.29, 0.717) is 34.5 Å². The average molecular weight is 405 g/mol. The summed E-state index contributed by atoms with van der Waals surface area (Å²) in [6.07, 6.45) is 5.32. The van der Waals surface area contributed by atoms with Crippen LogP contribution < -0.4 is 15.5 Å². The standard InChI is InChI=1S/C21H20FN7O/c1-11-8-28-9-12(5-15(22)20(28)24-11)25-21(30)13-3-4-16(14-10-27(2)26-19(13)14)29-17-6-23-7-18(17)29/h3-5,8-10,17-18,23H,6-7H2,1-2H3,(H,25,30). The molecule has 1 amide bonds. The van der Waals surface area contributed by atoms with Gasteiger partial charge in [-0.1, -0.05) is 0 Å². The van der Waals surface area contributed by atoms with Gasteiger partial charge in [0.2, 0.25) is 0 Å². The number of imidazole rings is 1. The highest BCUT2D eigenvalue weighted by atomic mass is 19.1. The van der Waals surface area contributed by atoms with Crippen LogP contribution in [0.4, 0.5) is 15.8 Å². The zero-order valence-corrected chi connectivity index (χ0v) is 16.6. The Kier molecular flexibility index (Phi) is 3.49. The van der Waals surface area contributed by atoms with Gasteiger partial charge in [0.1, 0.15) is 5.52 Å². The van der Waals surface area contributed by atoms with Crippen molar-refractivity contribution in [1.82, 2.24) is 24.5 Å². The van der Waals surface area contributed by atoms with Crippen molar-refractivity contribution >= 4 is 33.8 Å². The van der Waals surface area contributed by atoms with E-state index in [1.807, 2.05) is 19.3 Å². The molecule has 8 nitrogen and oxygen atoms in total. The molecule has 152 valence electrons. The van der Waals surface area contributed by atoms with Gasteiger partial charge in [-0.15, -0.1) is 0 Å². The van der Waals surface area contributed by atoms with E-state index in [2.05, 4.69) is 25.6 Å². The molecule has 4 aromatic rings. The molecular formula is C21H20FN7O. The monoisotopic (exact) mass is 405 g/mol. The first-order chi connectivity index (χ1) is 14.5. The smallest absolute Gasteiger partial charge is 0.257 e. The lowest BCUT2D eigenvalue weighted by molar-refractivity contribution is 0.102. The molecule has 0 aliphatic carbocycles. The van der Waals surface area contributed by atoms with Gasteiger partial charge in [0, 0.05) is 55.9 Å². The molecule has 2 N–H and O–H groups in total. The minimum Gasteiger partial charge on any atom is -0.358 e. The number of piperazine rings is 1. The molecule has 2 unspecified atom stereocenters. The number of rotatable bonds is 3. The van der Waals surface area contributed by atoms with E-state index < -0.39 is 5.82 Å². The van der Waals surface area contributed by atoms with Crippen molar-refractivity contribution < 1.29 is 9.18 Å². The summed E-state index contributed by atoms with van der Waals surface area (Å²) < 4.78 is 17.7. The number of anilines is 2. The van der Waals surface area contributed by atoms with Crippen LogP contribution in [0.2, 0.25) is 0 Å². The molecule has 0 spiro atoms. The van der Waals surface area contributed by atoms with Crippen LogP contribution >= 0.6 is 0 Å². The molecule has 3 aromatic heterocycles. The molecule has 9 heteroatoms. The summed E-state index contributed by atoms with van der Waals surface area (Å²) in [5.41, 5.74) is 3.51. The fraction of sp³-hybridized carbons (Fsp3) is 0.286. The van der Waals surface area contributed by atoms with Gasteiger partial charge in [-0.2, -0.15) is 5.10 Å². The third-order valence-electron chi connectivity index (χ3n) is 5.95. The predicted molar refractivity (Wildman–Crippen MR) is 111 cm³/mol. The van der Waals surface area contributed by atoms with E-state index in [0.717, 1.165) is 24.2 Å². The number of halogens is 1. The Balaban J connectivity index is 1.36. The third-order valence-corrected chi connectivity index (χ3v) is 5.95. The van der Waals surface area contributed by atoms with Crippen molar-refractivity contribution in [3.8, 4) is 0 Å². The minimum absolute atomic E-state index is 0.237. The number of hydrogen-bond acceptors (Lipinski definition) is 5. The quantitative estimate of drug-likeness (QED) is 0.510. The number of amides is 1. The lowest BCUT2D eigenvalue weighted by atomic mass is 10.1. The highest BCUT2D eigenvalue weighted by Crippen LogP contribution is 2.41. The lowest BCUT2D eigenvalue weighted by Crippen LogP contribution is -2.22. The molecule has 1 aromatic carbocycles. The zero-order chi connectivity index (χ0) is 20.6. The van der Waals surface area contributed by atoms with Crippen molar-refractivity contribution in [3.05, 3.63) is 53.9 Å². The maximum atomic E-state index is 14.4. The topological polar surface area (TPSA) is 79.3 Å². The second kappa shape index (κ2) is 6.02. The summed E-state index contributed by atoms with van der Waals surface area (Å²) in [6, 6.07) is 6.11. The second-order valence-corrected chi connectivity index (χ2v) is 8.04. The number of pyridine rings is 1. The van der Waals surface area contributed by atoms with Gasteiger partial charge in [-0.05, 0) is 19.1 Å². The highest BCUT2D eigenvalue weighted by Gasteiger charge is 2.51. The van der Waals surface area contributed by atoms with Gasteiger partial charge in [0.25, 0.3) is 5.91 Å². The van der Waals surface area contributed by atoms with Crippen molar-refractivity contribution in [2.24, 2.45) is 7.05 Å². The fourth-order valence-electron chi connectivity index (χ4n) is 4.60. The van der Waals surface area contributed by atoms with E-state index in [1.54, 1.807) is 34.5 Å². The summed E-state index contributed by atoms with van der Waals surface area (Å²) in [4.78, 5) is 19.6. The van der Waals surface area contributed by atoms with Crippen LogP contribution in [-0.2, 0) is 7.05 Å². The summed E-state index contributed by atoms with van der Waals surface area (Å²) in [5.74, 6) is -0.811. The second-order valence-electron chi connectivity index (χ2n) is 8.04. The maximum absolute atomic E-state index is 14.4. The van der Waals surface area contributed by atoms with Crippen LogP contribution in [0.15, 0.2) is 36.8 Å². The van der Waals surface area contributed by atoms with Gasteiger partial charge in [0.15, 0.2) is 11.5 Å².